The van der Waals surface area contributed by atoms with E-state index in [1.165, 1.54) is 17.4 Å². The third kappa shape index (κ3) is 4.99. The Labute approximate surface area is 241 Å². The highest BCUT2D eigenvalue weighted by Crippen LogP contribution is 2.42. The predicted octanol–water partition coefficient (Wildman–Crippen LogP) is 6.65. The lowest BCUT2D eigenvalue weighted by atomic mass is 10.1. The summed E-state index contributed by atoms with van der Waals surface area (Å²) in [4.78, 5) is 37.2. The maximum absolute atomic E-state index is 14.4. The SMILES string of the molecule is Cc1cccc(F)c1NC(=O)c1cc2c(s1)-c1ccccc1N(C(=O)c1cccc(N(C)C3CCSC3)n1)CC2. The molecule has 1 fully saturated rings. The van der Waals surface area contributed by atoms with Gasteiger partial charge in [-0.15, -0.1) is 11.3 Å². The summed E-state index contributed by atoms with van der Waals surface area (Å²) in [6, 6.07) is 20.4. The maximum atomic E-state index is 14.4. The van der Waals surface area contributed by atoms with Gasteiger partial charge in [0, 0.05) is 35.8 Å². The summed E-state index contributed by atoms with van der Waals surface area (Å²) < 4.78 is 14.4. The molecule has 4 heterocycles. The van der Waals surface area contributed by atoms with Crippen LogP contribution in [0.2, 0.25) is 0 Å². The lowest BCUT2D eigenvalue weighted by Crippen LogP contribution is -2.35. The Morgan fingerprint density at radius 1 is 1.10 bits per heavy atom. The van der Waals surface area contributed by atoms with E-state index in [4.69, 9.17) is 4.98 Å². The van der Waals surface area contributed by atoms with E-state index in [2.05, 4.69) is 10.2 Å². The van der Waals surface area contributed by atoms with Crippen molar-refractivity contribution in [2.45, 2.75) is 25.8 Å². The molecule has 0 aliphatic carbocycles. The number of rotatable bonds is 5. The molecule has 1 saturated heterocycles. The van der Waals surface area contributed by atoms with Gasteiger partial charge in [0.05, 0.1) is 16.3 Å². The highest BCUT2D eigenvalue weighted by atomic mass is 32.2. The molecule has 6 nitrogen and oxygen atoms in total. The fraction of sp³-hybridized carbons (Fsp3) is 0.258. The molecule has 0 radical (unpaired) electrons. The molecule has 2 aromatic heterocycles. The van der Waals surface area contributed by atoms with E-state index in [9.17, 15) is 14.0 Å². The number of carbonyl (C=O) groups excluding carboxylic acids is 2. The van der Waals surface area contributed by atoms with Gasteiger partial charge in [0.1, 0.15) is 17.3 Å². The van der Waals surface area contributed by atoms with E-state index in [0.29, 0.717) is 35.1 Å². The van der Waals surface area contributed by atoms with Crippen LogP contribution in [0.15, 0.2) is 66.7 Å². The van der Waals surface area contributed by atoms with Crippen molar-refractivity contribution in [3.05, 3.63) is 94.2 Å². The van der Waals surface area contributed by atoms with Crippen molar-refractivity contribution in [1.29, 1.82) is 0 Å². The molecule has 204 valence electrons. The molecule has 1 unspecified atom stereocenters. The van der Waals surface area contributed by atoms with Gasteiger partial charge in [0.15, 0.2) is 0 Å². The zero-order valence-corrected chi connectivity index (χ0v) is 23.9. The van der Waals surface area contributed by atoms with Gasteiger partial charge in [-0.1, -0.05) is 36.4 Å². The normalized spacial score (nSPS) is 16.2. The van der Waals surface area contributed by atoms with Gasteiger partial charge in [-0.2, -0.15) is 11.8 Å². The number of carbonyl (C=O) groups is 2. The first-order chi connectivity index (χ1) is 19.4. The molecule has 1 atom stereocenters. The number of nitrogens with zero attached hydrogens (tertiary/aromatic N) is 3. The lowest BCUT2D eigenvalue weighted by molar-refractivity contribution is 0.0981. The average molecular weight is 573 g/mol. The minimum atomic E-state index is -0.461. The number of para-hydroxylation sites is 2. The van der Waals surface area contributed by atoms with Crippen LogP contribution in [0.25, 0.3) is 10.4 Å². The Balaban J connectivity index is 1.29. The molecule has 6 rings (SSSR count). The first-order valence-corrected chi connectivity index (χ1v) is 15.3. The molecule has 2 aromatic carbocycles. The predicted molar refractivity (Wildman–Crippen MR) is 163 cm³/mol. The van der Waals surface area contributed by atoms with E-state index in [0.717, 1.165) is 45.4 Å². The van der Waals surface area contributed by atoms with E-state index >= 15 is 0 Å². The van der Waals surface area contributed by atoms with Crippen LogP contribution in [0, 0.1) is 12.7 Å². The van der Waals surface area contributed by atoms with Crippen molar-refractivity contribution < 1.29 is 14.0 Å². The maximum Gasteiger partial charge on any atom is 0.276 e. The van der Waals surface area contributed by atoms with Gasteiger partial charge in [-0.05, 0) is 67.0 Å². The molecular weight excluding hydrogens is 543 g/mol. The summed E-state index contributed by atoms with van der Waals surface area (Å²) in [7, 11) is 2.05. The summed E-state index contributed by atoms with van der Waals surface area (Å²) in [5.74, 6) is 2.07. The van der Waals surface area contributed by atoms with Gasteiger partial charge in [-0.25, -0.2) is 9.37 Å². The Kier molecular flexibility index (Phi) is 7.33. The Morgan fingerprint density at radius 2 is 1.93 bits per heavy atom. The fourth-order valence-electron chi connectivity index (χ4n) is 5.28. The van der Waals surface area contributed by atoms with Crippen molar-refractivity contribution in [2.24, 2.45) is 0 Å². The molecule has 1 N–H and O–H groups in total. The second-order valence-corrected chi connectivity index (χ2v) is 12.3. The monoisotopic (exact) mass is 572 g/mol. The largest absolute Gasteiger partial charge is 0.356 e. The van der Waals surface area contributed by atoms with Crippen LogP contribution in [-0.4, -0.2) is 47.9 Å². The summed E-state index contributed by atoms with van der Waals surface area (Å²) in [6.07, 6.45) is 1.69. The number of fused-ring (bicyclic) bond motifs is 3. The van der Waals surface area contributed by atoms with E-state index in [-0.39, 0.29) is 17.5 Å². The summed E-state index contributed by atoms with van der Waals surface area (Å²) in [6.45, 7) is 2.22. The van der Waals surface area contributed by atoms with Crippen LogP contribution in [0.4, 0.5) is 21.6 Å². The Morgan fingerprint density at radius 3 is 2.73 bits per heavy atom. The van der Waals surface area contributed by atoms with Gasteiger partial charge in [0.2, 0.25) is 0 Å². The molecule has 2 aliphatic heterocycles. The lowest BCUT2D eigenvalue weighted by Gasteiger charge is -2.26. The van der Waals surface area contributed by atoms with Gasteiger partial charge in [0.25, 0.3) is 11.8 Å². The van der Waals surface area contributed by atoms with Crippen LogP contribution < -0.4 is 15.1 Å². The first kappa shape index (κ1) is 26.5. The highest BCUT2D eigenvalue weighted by Gasteiger charge is 2.29. The number of nitrogens with one attached hydrogen (secondary N) is 1. The summed E-state index contributed by atoms with van der Waals surface area (Å²) in [5.41, 5.74) is 3.94. The minimum absolute atomic E-state index is 0.147. The van der Waals surface area contributed by atoms with Crippen molar-refractivity contribution in [1.82, 2.24) is 4.98 Å². The van der Waals surface area contributed by atoms with Crippen LogP contribution in [0.3, 0.4) is 0 Å². The van der Waals surface area contributed by atoms with Crippen molar-refractivity contribution in [2.75, 3.05) is 40.2 Å². The molecule has 2 amide bonds. The number of hydrogen-bond acceptors (Lipinski definition) is 6. The van der Waals surface area contributed by atoms with Crippen LogP contribution in [0.1, 0.15) is 37.7 Å². The number of pyridine rings is 1. The number of aromatic nitrogens is 1. The molecule has 4 aromatic rings. The minimum Gasteiger partial charge on any atom is -0.356 e. The van der Waals surface area contributed by atoms with Crippen molar-refractivity contribution in [3.63, 3.8) is 0 Å². The number of thiophene rings is 1. The van der Waals surface area contributed by atoms with Crippen LogP contribution in [0.5, 0.6) is 0 Å². The van der Waals surface area contributed by atoms with E-state index in [1.807, 2.05) is 61.3 Å². The topological polar surface area (TPSA) is 65.5 Å². The second-order valence-electron chi connectivity index (χ2n) is 10.1. The standard InChI is InChI=1S/C31H29FN4O2S2/c1-19-7-5-9-23(32)28(19)34-30(37)26-17-20-13-15-36(25-11-4-3-8-22(25)29(20)40-26)31(38)24-10-6-12-27(33-24)35(2)21-14-16-39-18-21/h3-12,17,21H,13-16,18H2,1-2H3,(H,34,37). The van der Waals surface area contributed by atoms with E-state index < -0.39 is 5.82 Å². The number of thioether (sulfide) groups is 1. The number of amides is 2. The fourth-order valence-corrected chi connectivity index (χ4v) is 7.68. The Bertz CT molecular complexity index is 1580. The third-order valence-electron chi connectivity index (χ3n) is 7.55. The van der Waals surface area contributed by atoms with Gasteiger partial charge >= 0.3 is 0 Å². The molecule has 0 saturated carbocycles. The molecule has 0 bridgehead atoms. The first-order valence-electron chi connectivity index (χ1n) is 13.3. The van der Waals surface area contributed by atoms with Crippen molar-refractivity contribution >= 4 is 52.1 Å². The second kappa shape index (κ2) is 11.1. The number of hydrogen-bond donors (Lipinski definition) is 1. The number of benzene rings is 2. The smallest absolute Gasteiger partial charge is 0.276 e. The molecule has 9 heteroatoms. The van der Waals surface area contributed by atoms with Gasteiger partial charge < -0.3 is 15.1 Å². The quantitative estimate of drug-likeness (QED) is 0.290. The molecule has 0 spiro atoms. The van der Waals surface area contributed by atoms with Gasteiger partial charge in [-0.3, -0.25) is 9.59 Å². The number of aryl methyl sites for hydroxylation is 1. The van der Waals surface area contributed by atoms with Crippen molar-refractivity contribution in [3.8, 4) is 10.4 Å². The summed E-state index contributed by atoms with van der Waals surface area (Å²) in [5, 5.41) is 2.74. The number of anilines is 3. The van der Waals surface area contributed by atoms with E-state index in [1.54, 1.807) is 30.0 Å². The Hall–Kier alpha value is -3.69. The van der Waals surface area contributed by atoms with Crippen LogP contribution >= 0.6 is 23.1 Å². The third-order valence-corrected chi connectivity index (χ3v) is 9.91. The molecule has 2 aliphatic rings. The number of halogens is 1. The highest BCUT2D eigenvalue weighted by molar-refractivity contribution is 7.99. The summed E-state index contributed by atoms with van der Waals surface area (Å²) >= 11 is 3.31. The molecular formula is C31H29FN4O2S2. The zero-order valence-electron chi connectivity index (χ0n) is 22.3. The average Bonchev–Trinajstić information content (AvgIpc) is 3.63. The van der Waals surface area contributed by atoms with Crippen LogP contribution in [-0.2, 0) is 6.42 Å². The molecule has 40 heavy (non-hydrogen) atoms. The zero-order chi connectivity index (χ0) is 27.8.